The number of amides is 2. The lowest BCUT2D eigenvalue weighted by Gasteiger charge is -2.29. The van der Waals surface area contributed by atoms with Crippen LogP contribution in [0.5, 0.6) is 5.75 Å². The quantitative estimate of drug-likeness (QED) is 0.430. The van der Waals surface area contributed by atoms with Gasteiger partial charge in [0.15, 0.2) is 0 Å². The molecule has 0 aliphatic rings. The minimum absolute atomic E-state index is 0.0714. The summed E-state index contributed by atoms with van der Waals surface area (Å²) in [5, 5.41) is 3.37. The molecule has 0 bridgehead atoms. The van der Waals surface area contributed by atoms with Gasteiger partial charge in [-0.3, -0.25) is 13.9 Å². The fourth-order valence-electron chi connectivity index (χ4n) is 3.58. The SMILES string of the molecule is CCCNC(=O)C(C)N(Cc1cccc(Cl)c1)C(=O)CCCN(c1cccc(OC)c1)S(C)(=O)=O. The highest BCUT2D eigenvalue weighted by atomic mass is 35.5. The molecule has 0 radical (unpaired) electrons. The van der Waals surface area contributed by atoms with Crippen LogP contribution in [0.1, 0.15) is 38.7 Å². The van der Waals surface area contributed by atoms with Crippen molar-refractivity contribution in [2.45, 2.75) is 45.7 Å². The lowest BCUT2D eigenvalue weighted by molar-refractivity contribution is -0.140. The fourth-order valence-corrected chi connectivity index (χ4v) is 4.75. The highest BCUT2D eigenvalue weighted by Crippen LogP contribution is 2.24. The van der Waals surface area contributed by atoms with Crippen LogP contribution >= 0.6 is 11.6 Å². The van der Waals surface area contributed by atoms with Gasteiger partial charge in [0.25, 0.3) is 0 Å². The fraction of sp³-hybridized carbons (Fsp3) is 0.440. The lowest BCUT2D eigenvalue weighted by atomic mass is 10.1. The molecular weight excluding hydrogens is 490 g/mol. The van der Waals surface area contributed by atoms with Crippen molar-refractivity contribution >= 4 is 39.1 Å². The minimum Gasteiger partial charge on any atom is -0.497 e. The summed E-state index contributed by atoms with van der Waals surface area (Å²) in [5.74, 6) is 0.0476. The average Bonchev–Trinajstić information content (AvgIpc) is 2.82. The van der Waals surface area contributed by atoms with E-state index in [0.29, 0.717) is 23.0 Å². The van der Waals surface area contributed by atoms with Crippen LogP contribution in [0.25, 0.3) is 0 Å². The van der Waals surface area contributed by atoms with Crippen LogP contribution in [-0.4, -0.2) is 57.6 Å². The van der Waals surface area contributed by atoms with Gasteiger partial charge in [0.1, 0.15) is 11.8 Å². The summed E-state index contributed by atoms with van der Waals surface area (Å²) in [6.07, 6.45) is 2.26. The predicted octanol–water partition coefficient (Wildman–Crippen LogP) is 3.84. The molecule has 0 spiro atoms. The van der Waals surface area contributed by atoms with Crippen LogP contribution in [0.4, 0.5) is 5.69 Å². The van der Waals surface area contributed by atoms with Gasteiger partial charge in [0, 0.05) is 37.1 Å². The molecule has 192 valence electrons. The van der Waals surface area contributed by atoms with E-state index in [0.717, 1.165) is 18.2 Å². The van der Waals surface area contributed by atoms with E-state index in [4.69, 9.17) is 16.3 Å². The molecule has 35 heavy (non-hydrogen) atoms. The molecular formula is C25H34ClN3O5S. The number of rotatable bonds is 13. The van der Waals surface area contributed by atoms with Gasteiger partial charge < -0.3 is 15.0 Å². The standard InChI is InChI=1S/C25H34ClN3O5S/c1-5-14-27-25(31)19(2)28(18-20-9-6-10-21(26)16-20)24(30)13-8-15-29(35(4,32)33)22-11-7-12-23(17-22)34-3/h6-7,9-12,16-17,19H,5,8,13-15,18H2,1-4H3,(H,27,31). The van der Waals surface area contributed by atoms with Crippen LogP contribution in [0.3, 0.4) is 0 Å². The number of methoxy groups -OCH3 is 1. The monoisotopic (exact) mass is 523 g/mol. The first-order valence-electron chi connectivity index (χ1n) is 11.5. The van der Waals surface area contributed by atoms with E-state index < -0.39 is 16.1 Å². The van der Waals surface area contributed by atoms with Crippen molar-refractivity contribution in [1.29, 1.82) is 0 Å². The number of ether oxygens (including phenoxy) is 1. The van der Waals surface area contributed by atoms with Crippen LogP contribution in [0, 0.1) is 0 Å². The predicted molar refractivity (Wildman–Crippen MR) is 139 cm³/mol. The van der Waals surface area contributed by atoms with Crippen molar-refractivity contribution < 1.29 is 22.7 Å². The van der Waals surface area contributed by atoms with Gasteiger partial charge in [-0.15, -0.1) is 0 Å². The summed E-state index contributed by atoms with van der Waals surface area (Å²) in [4.78, 5) is 27.4. The summed E-state index contributed by atoms with van der Waals surface area (Å²) < 4.78 is 31.3. The molecule has 0 heterocycles. The summed E-state index contributed by atoms with van der Waals surface area (Å²) in [7, 11) is -2.07. The van der Waals surface area contributed by atoms with Gasteiger partial charge in [-0.2, -0.15) is 0 Å². The highest BCUT2D eigenvalue weighted by molar-refractivity contribution is 7.92. The summed E-state index contributed by atoms with van der Waals surface area (Å²) in [6, 6.07) is 13.2. The Bertz CT molecular complexity index is 1110. The maximum absolute atomic E-state index is 13.2. The topological polar surface area (TPSA) is 96.0 Å². The number of anilines is 1. The average molecular weight is 524 g/mol. The third kappa shape index (κ3) is 8.74. The minimum atomic E-state index is -3.58. The lowest BCUT2D eigenvalue weighted by Crippen LogP contribution is -2.47. The van der Waals surface area contributed by atoms with E-state index in [9.17, 15) is 18.0 Å². The van der Waals surface area contributed by atoms with Crippen LogP contribution in [-0.2, 0) is 26.2 Å². The zero-order valence-electron chi connectivity index (χ0n) is 20.7. The molecule has 8 nitrogen and oxygen atoms in total. The molecule has 10 heteroatoms. The molecule has 0 saturated carbocycles. The van der Waals surface area contributed by atoms with Gasteiger partial charge in [-0.1, -0.05) is 36.7 Å². The van der Waals surface area contributed by atoms with Crippen LogP contribution in [0.2, 0.25) is 5.02 Å². The number of carbonyl (C=O) groups excluding carboxylic acids is 2. The summed E-state index contributed by atoms with van der Waals surface area (Å²) >= 11 is 6.11. The Kier molecular flexibility index (Phi) is 10.9. The molecule has 1 N–H and O–H groups in total. The Hall–Kier alpha value is -2.78. The number of nitrogens with zero attached hydrogens (tertiary/aromatic N) is 2. The molecule has 1 atom stereocenters. The molecule has 0 fully saturated rings. The number of halogens is 1. The largest absolute Gasteiger partial charge is 0.497 e. The molecule has 2 aromatic carbocycles. The van der Waals surface area contributed by atoms with E-state index >= 15 is 0 Å². The first-order valence-corrected chi connectivity index (χ1v) is 13.7. The van der Waals surface area contributed by atoms with Crippen molar-refractivity contribution in [3.8, 4) is 5.75 Å². The van der Waals surface area contributed by atoms with Gasteiger partial charge in [-0.05, 0) is 49.6 Å². The number of hydrogen-bond acceptors (Lipinski definition) is 5. The second kappa shape index (κ2) is 13.3. The van der Waals surface area contributed by atoms with E-state index in [-0.39, 0.29) is 37.7 Å². The number of hydrogen-bond donors (Lipinski definition) is 1. The van der Waals surface area contributed by atoms with Gasteiger partial charge in [0.2, 0.25) is 21.8 Å². The normalized spacial score (nSPS) is 12.0. The molecule has 1 unspecified atom stereocenters. The van der Waals surface area contributed by atoms with E-state index in [1.165, 1.54) is 16.3 Å². The Balaban J connectivity index is 2.16. The van der Waals surface area contributed by atoms with Crippen molar-refractivity contribution in [1.82, 2.24) is 10.2 Å². The third-order valence-corrected chi connectivity index (χ3v) is 6.88. The van der Waals surface area contributed by atoms with Crippen molar-refractivity contribution in [3.63, 3.8) is 0 Å². The second-order valence-electron chi connectivity index (χ2n) is 8.26. The number of carbonyl (C=O) groups is 2. The van der Waals surface area contributed by atoms with Gasteiger partial charge >= 0.3 is 0 Å². The maximum atomic E-state index is 13.2. The highest BCUT2D eigenvalue weighted by Gasteiger charge is 2.26. The number of benzene rings is 2. The summed E-state index contributed by atoms with van der Waals surface area (Å²) in [5.41, 5.74) is 1.26. The Morgan fingerprint density at radius 3 is 2.49 bits per heavy atom. The van der Waals surface area contributed by atoms with E-state index in [1.54, 1.807) is 49.4 Å². The zero-order valence-corrected chi connectivity index (χ0v) is 22.2. The van der Waals surface area contributed by atoms with Gasteiger partial charge in [0.05, 0.1) is 19.1 Å². The molecule has 2 amide bonds. The molecule has 0 aliphatic heterocycles. The van der Waals surface area contributed by atoms with E-state index in [1.807, 2.05) is 13.0 Å². The number of nitrogens with one attached hydrogen (secondary N) is 1. The van der Waals surface area contributed by atoms with E-state index in [2.05, 4.69) is 5.32 Å². The number of sulfonamides is 1. The molecule has 0 aliphatic carbocycles. The first-order chi connectivity index (χ1) is 16.6. The molecule has 0 saturated heterocycles. The smallest absolute Gasteiger partial charge is 0.242 e. The summed E-state index contributed by atoms with van der Waals surface area (Å²) in [6.45, 7) is 4.49. The second-order valence-corrected chi connectivity index (χ2v) is 10.6. The molecule has 0 aromatic heterocycles. The Morgan fingerprint density at radius 1 is 1.14 bits per heavy atom. The molecule has 2 rings (SSSR count). The van der Waals surface area contributed by atoms with Crippen molar-refractivity contribution in [3.05, 3.63) is 59.1 Å². The van der Waals surface area contributed by atoms with Crippen molar-refractivity contribution in [2.75, 3.05) is 30.8 Å². The molecule has 2 aromatic rings. The van der Waals surface area contributed by atoms with Crippen molar-refractivity contribution in [2.24, 2.45) is 0 Å². The zero-order chi connectivity index (χ0) is 26.0. The Labute approximate surface area is 213 Å². The maximum Gasteiger partial charge on any atom is 0.242 e. The Morgan fingerprint density at radius 2 is 1.86 bits per heavy atom. The third-order valence-electron chi connectivity index (χ3n) is 5.45. The first kappa shape index (κ1) is 28.5. The van der Waals surface area contributed by atoms with Gasteiger partial charge in [-0.25, -0.2) is 8.42 Å². The van der Waals surface area contributed by atoms with Crippen LogP contribution < -0.4 is 14.4 Å². The van der Waals surface area contributed by atoms with Crippen LogP contribution in [0.15, 0.2) is 48.5 Å².